The second-order valence-corrected chi connectivity index (χ2v) is 8.27. The highest BCUT2D eigenvalue weighted by Gasteiger charge is 2.27. The van der Waals surface area contributed by atoms with Crippen molar-refractivity contribution in [1.29, 1.82) is 0 Å². The fourth-order valence-electron chi connectivity index (χ4n) is 2.34. The Bertz CT molecular complexity index is 945. The summed E-state index contributed by atoms with van der Waals surface area (Å²) >= 11 is 7.33. The molecule has 8 heteroatoms. The van der Waals surface area contributed by atoms with Crippen LogP contribution < -0.4 is 9.04 Å². The van der Waals surface area contributed by atoms with Gasteiger partial charge in [0, 0.05) is 22.2 Å². The van der Waals surface area contributed by atoms with E-state index < -0.39 is 10.0 Å². The molecule has 2 aromatic carbocycles. The zero-order valence-electron chi connectivity index (χ0n) is 13.3. The molecule has 0 aliphatic rings. The van der Waals surface area contributed by atoms with Gasteiger partial charge in [0.25, 0.3) is 10.0 Å². The summed E-state index contributed by atoms with van der Waals surface area (Å²) in [7, 11) is -2.24. The van der Waals surface area contributed by atoms with Gasteiger partial charge in [-0.15, -0.1) is 11.3 Å². The number of anilines is 1. The molecule has 0 amide bonds. The van der Waals surface area contributed by atoms with Crippen LogP contribution in [0.4, 0.5) is 5.13 Å². The maximum Gasteiger partial charge on any atom is 0.266 e. The number of thiazole rings is 1. The molecular formula is C17H15ClN2O3S2. The van der Waals surface area contributed by atoms with Crippen LogP contribution in [0.15, 0.2) is 65.0 Å². The molecule has 3 aromatic rings. The lowest BCUT2D eigenvalue weighted by molar-refractivity contribution is 0.410. The smallest absolute Gasteiger partial charge is 0.266 e. The van der Waals surface area contributed by atoms with Gasteiger partial charge in [-0.05, 0) is 30.3 Å². The Hall–Kier alpha value is -2.09. The van der Waals surface area contributed by atoms with Crippen molar-refractivity contribution in [3.8, 4) is 5.75 Å². The molecular weight excluding hydrogens is 380 g/mol. The van der Waals surface area contributed by atoms with Gasteiger partial charge in [0.15, 0.2) is 5.13 Å². The first-order chi connectivity index (χ1) is 12.0. The zero-order chi connectivity index (χ0) is 17.9. The minimum Gasteiger partial charge on any atom is -0.496 e. The number of halogens is 1. The number of sulfonamides is 1. The van der Waals surface area contributed by atoms with Gasteiger partial charge < -0.3 is 4.74 Å². The summed E-state index contributed by atoms with van der Waals surface area (Å²) in [6.07, 6.45) is 1.57. The maximum absolute atomic E-state index is 13.1. The van der Waals surface area contributed by atoms with Gasteiger partial charge >= 0.3 is 0 Å². The minimum atomic E-state index is -3.78. The number of ether oxygens (including phenoxy) is 1. The number of aromatic nitrogens is 1. The summed E-state index contributed by atoms with van der Waals surface area (Å²) in [6, 6.07) is 13.4. The van der Waals surface area contributed by atoms with E-state index in [1.807, 2.05) is 0 Å². The zero-order valence-corrected chi connectivity index (χ0v) is 15.7. The van der Waals surface area contributed by atoms with E-state index in [1.54, 1.807) is 60.1 Å². The van der Waals surface area contributed by atoms with Crippen molar-refractivity contribution < 1.29 is 13.2 Å². The van der Waals surface area contributed by atoms with Crippen LogP contribution in [-0.2, 0) is 16.6 Å². The van der Waals surface area contributed by atoms with Crippen molar-refractivity contribution in [2.24, 2.45) is 0 Å². The molecule has 0 fully saturated rings. The van der Waals surface area contributed by atoms with E-state index in [-0.39, 0.29) is 11.4 Å². The number of nitrogens with zero attached hydrogens (tertiary/aromatic N) is 2. The molecule has 5 nitrogen and oxygen atoms in total. The first-order valence-electron chi connectivity index (χ1n) is 7.32. The average Bonchev–Trinajstić information content (AvgIpc) is 3.14. The van der Waals surface area contributed by atoms with Crippen LogP contribution in [-0.4, -0.2) is 20.5 Å². The monoisotopic (exact) mass is 394 g/mol. The van der Waals surface area contributed by atoms with Crippen molar-refractivity contribution in [2.75, 3.05) is 11.4 Å². The second-order valence-electron chi connectivity index (χ2n) is 5.10. The van der Waals surface area contributed by atoms with Gasteiger partial charge in [-0.3, -0.25) is 0 Å². The van der Waals surface area contributed by atoms with Crippen LogP contribution in [0.25, 0.3) is 0 Å². The predicted molar refractivity (Wildman–Crippen MR) is 99.9 cm³/mol. The van der Waals surface area contributed by atoms with Gasteiger partial charge in [0.1, 0.15) is 5.75 Å². The Morgan fingerprint density at radius 2 is 1.96 bits per heavy atom. The number of methoxy groups -OCH3 is 1. The largest absolute Gasteiger partial charge is 0.496 e. The lowest BCUT2D eigenvalue weighted by Gasteiger charge is -2.23. The Kier molecular flexibility index (Phi) is 5.27. The molecule has 3 rings (SSSR count). The van der Waals surface area contributed by atoms with Crippen LogP contribution in [0, 0.1) is 0 Å². The lowest BCUT2D eigenvalue weighted by atomic mass is 10.2. The van der Waals surface area contributed by atoms with Crippen LogP contribution in [0.2, 0.25) is 5.02 Å². The molecule has 0 N–H and O–H groups in total. The Balaban J connectivity index is 2.08. The molecule has 1 heterocycles. The number of hydrogen-bond acceptors (Lipinski definition) is 5. The summed E-state index contributed by atoms with van der Waals surface area (Å²) < 4.78 is 32.9. The van der Waals surface area contributed by atoms with Crippen molar-refractivity contribution >= 4 is 38.1 Å². The first-order valence-corrected chi connectivity index (χ1v) is 10.0. The third kappa shape index (κ3) is 3.78. The topological polar surface area (TPSA) is 59.5 Å². The molecule has 0 bridgehead atoms. The number of rotatable bonds is 6. The van der Waals surface area contributed by atoms with Crippen LogP contribution in [0.5, 0.6) is 5.75 Å². The maximum atomic E-state index is 13.1. The molecule has 0 radical (unpaired) electrons. The van der Waals surface area contributed by atoms with Crippen LogP contribution >= 0.6 is 22.9 Å². The highest BCUT2D eigenvalue weighted by Crippen LogP contribution is 2.31. The number of benzene rings is 2. The van der Waals surface area contributed by atoms with E-state index in [0.717, 1.165) is 0 Å². The van der Waals surface area contributed by atoms with E-state index in [4.69, 9.17) is 16.3 Å². The molecule has 1 aromatic heterocycles. The van der Waals surface area contributed by atoms with Gasteiger partial charge in [-0.2, -0.15) is 0 Å². The van der Waals surface area contributed by atoms with Gasteiger partial charge in [0.2, 0.25) is 0 Å². The summed E-state index contributed by atoms with van der Waals surface area (Å²) in [5.41, 5.74) is 0.657. The van der Waals surface area contributed by atoms with Gasteiger partial charge in [-0.1, -0.05) is 29.8 Å². The fraction of sp³-hybridized carbons (Fsp3) is 0.118. The van der Waals surface area contributed by atoms with E-state index >= 15 is 0 Å². The highest BCUT2D eigenvalue weighted by molar-refractivity contribution is 7.93. The van der Waals surface area contributed by atoms with E-state index in [2.05, 4.69) is 4.98 Å². The van der Waals surface area contributed by atoms with Crippen molar-refractivity contribution in [1.82, 2.24) is 4.98 Å². The molecule has 0 unspecified atom stereocenters. The molecule has 0 saturated heterocycles. The van der Waals surface area contributed by atoms with E-state index in [9.17, 15) is 8.42 Å². The van der Waals surface area contributed by atoms with E-state index in [1.165, 1.54) is 22.8 Å². The molecule has 0 aliphatic heterocycles. The molecule has 0 spiro atoms. The number of hydrogen-bond donors (Lipinski definition) is 0. The summed E-state index contributed by atoms with van der Waals surface area (Å²) in [6.45, 7) is 0.0640. The average molecular weight is 395 g/mol. The summed E-state index contributed by atoms with van der Waals surface area (Å²) in [5.74, 6) is 0.564. The normalized spacial score (nSPS) is 11.3. The summed E-state index contributed by atoms with van der Waals surface area (Å²) in [4.78, 5) is 4.37. The van der Waals surface area contributed by atoms with Gasteiger partial charge in [-0.25, -0.2) is 17.7 Å². The van der Waals surface area contributed by atoms with Crippen LogP contribution in [0.1, 0.15) is 5.56 Å². The van der Waals surface area contributed by atoms with Crippen molar-refractivity contribution in [3.05, 3.63) is 70.7 Å². The van der Waals surface area contributed by atoms with Crippen molar-refractivity contribution in [3.63, 3.8) is 0 Å². The fourth-order valence-corrected chi connectivity index (χ4v) is 4.82. The molecule has 130 valence electrons. The predicted octanol–water partition coefficient (Wildman–Crippen LogP) is 4.20. The van der Waals surface area contributed by atoms with Gasteiger partial charge in [0.05, 0.1) is 18.6 Å². The second kappa shape index (κ2) is 7.43. The Morgan fingerprint density at radius 1 is 1.20 bits per heavy atom. The third-order valence-corrected chi connectivity index (χ3v) is 6.42. The summed E-state index contributed by atoms with van der Waals surface area (Å²) in [5, 5.41) is 2.62. The quantitative estimate of drug-likeness (QED) is 0.628. The SMILES string of the molecule is COc1ccc(Cl)cc1CN(c1nccs1)S(=O)(=O)c1ccccc1. The molecule has 25 heavy (non-hydrogen) atoms. The lowest BCUT2D eigenvalue weighted by Crippen LogP contribution is -2.30. The standard InChI is InChI=1S/C17H15ClN2O3S2/c1-23-16-8-7-14(18)11-13(16)12-20(17-19-9-10-24-17)25(21,22)15-5-3-2-4-6-15/h2-11H,12H2,1H3. The highest BCUT2D eigenvalue weighted by atomic mass is 35.5. The molecule has 0 atom stereocenters. The molecule has 0 aliphatic carbocycles. The van der Waals surface area contributed by atoms with Crippen molar-refractivity contribution in [2.45, 2.75) is 11.4 Å². The molecule has 0 saturated carbocycles. The Morgan fingerprint density at radius 3 is 2.60 bits per heavy atom. The minimum absolute atomic E-state index is 0.0640. The third-order valence-electron chi connectivity index (χ3n) is 3.52. The van der Waals surface area contributed by atoms with Crippen LogP contribution in [0.3, 0.4) is 0 Å². The van der Waals surface area contributed by atoms with E-state index in [0.29, 0.717) is 21.5 Å². The Labute approximate surface area is 155 Å². The first kappa shape index (κ1) is 17.7.